The Kier molecular flexibility index (Phi) is 29.8. The second kappa shape index (κ2) is 40.5. The summed E-state index contributed by atoms with van der Waals surface area (Å²) in [6.07, 6.45) is -5.59. The molecule has 6 saturated heterocycles. The first-order valence-corrected chi connectivity index (χ1v) is 43.0. The normalized spacial score (nSPS) is 22.2. The van der Waals surface area contributed by atoms with Crippen molar-refractivity contribution in [3.8, 4) is 18.0 Å². The van der Waals surface area contributed by atoms with Crippen molar-refractivity contribution in [1.82, 2.24) is 59.3 Å². The lowest BCUT2D eigenvalue weighted by molar-refractivity contribution is -0.140. The highest BCUT2D eigenvalue weighted by Gasteiger charge is 2.46. The van der Waals surface area contributed by atoms with Crippen LogP contribution in [-0.4, -0.2) is 272 Å². The highest BCUT2D eigenvalue weighted by molar-refractivity contribution is 6.31. The van der Waals surface area contributed by atoms with Crippen molar-refractivity contribution in [2.75, 3.05) is 188 Å². The molecule has 0 N–H and O–H groups in total. The van der Waals surface area contributed by atoms with Crippen LogP contribution in [0.25, 0.3) is 14.5 Å². The summed E-state index contributed by atoms with van der Waals surface area (Å²) in [7, 11) is 6.11. The molecule has 684 valence electrons. The van der Waals surface area contributed by atoms with E-state index in [4.69, 9.17) is 65.5 Å². The van der Waals surface area contributed by atoms with Gasteiger partial charge in [0.25, 0.3) is 0 Å². The summed E-state index contributed by atoms with van der Waals surface area (Å²) in [5.74, 6) is -0.510. The van der Waals surface area contributed by atoms with E-state index in [0.717, 1.165) is 74.1 Å². The molecule has 3 aromatic heterocycles. The van der Waals surface area contributed by atoms with Gasteiger partial charge in [-0.05, 0) is 139 Å². The molecule has 6 aromatic rings. The van der Waals surface area contributed by atoms with Crippen molar-refractivity contribution in [3.05, 3.63) is 194 Å². The van der Waals surface area contributed by atoms with E-state index in [1.165, 1.54) is 70.5 Å². The highest BCUT2D eigenvalue weighted by Crippen LogP contribution is 2.46. The molecule has 3 amide bonds. The summed E-state index contributed by atoms with van der Waals surface area (Å²) in [6, 6.07) is 10.8. The third-order valence-corrected chi connectivity index (χ3v) is 25.5. The molecule has 6 fully saturated rings. The van der Waals surface area contributed by atoms with Crippen molar-refractivity contribution in [1.29, 1.82) is 0 Å². The quantitative estimate of drug-likeness (QED) is 0.0373. The number of benzene rings is 3. The second-order valence-corrected chi connectivity index (χ2v) is 34.2. The van der Waals surface area contributed by atoms with Gasteiger partial charge in [0.2, 0.25) is 37.4 Å². The van der Waals surface area contributed by atoms with E-state index in [1.807, 2.05) is 35.8 Å². The molecule has 128 heavy (non-hydrogen) atoms. The molecule has 9 aliphatic heterocycles. The molecule has 12 heterocycles. The second-order valence-electron chi connectivity index (χ2n) is 33.8. The van der Waals surface area contributed by atoms with E-state index in [2.05, 4.69) is 72.8 Å². The number of likely N-dealkylation sites (tertiary alicyclic amines) is 3. The first kappa shape index (κ1) is 94.2. The number of nitrogens with zero attached hydrogens (tertiary/aromatic N) is 21. The van der Waals surface area contributed by atoms with Crippen LogP contribution in [0.15, 0.2) is 92.6 Å². The van der Waals surface area contributed by atoms with E-state index in [1.54, 1.807) is 19.6 Å². The van der Waals surface area contributed by atoms with E-state index in [0.29, 0.717) is 151 Å². The molecular formula is C89H103ClF11N21O6. The van der Waals surface area contributed by atoms with Crippen LogP contribution in [0.1, 0.15) is 90.0 Å². The highest BCUT2D eigenvalue weighted by atomic mass is 35.5. The number of rotatable bonds is 21. The van der Waals surface area contributed by atoms with Gasteiger partial charge in [-0.3, -0.25) is 24.2 Å². The van der Waals surface area contributed by atoms with Crippen LogP contribution in [0.3, 0.4) is 0 Å². The molecule has 0 radical (unpaired) electrons. The Balaban J connectivity index is 0.000000164. The van der Waals surface area contributed by atoms with Crippen LogP contribution in [-0.2, 0) is 71.8 Å². The maximum absolute atomic E-state index is 14.4. The molecule has 3 aromatic carbocycles. The van der Waals surface area contributed by atoms with Crippen molar-refractivity contribution in [2.24, 2.45) is 11.8 Å². The van der Waals surface area contributed by atoms with Crippen LogP contribution >= 0.6 is 11.6 Å². The van der Waals surface area contributed by atoms with Gasteiger partial charge in [0.05, 0.1) is 64.4 Å². The first-order chi connectivity index (χ1) is 61.1. The Morgan fingerprint density at radius 3 is 1.06 bits per heavy atom. The number of carbonyl (C=O) groups is 3. The number of aromatic nitrogens is 6. The van der Waals surface area contributed by atoms with Crippen molar-refractivity contribution in [3.63, 3.8) is 0 Å². The summed E-state index contributed by atoms with van der Waals surface area (Å²) in [5.41, 5.74) is 0.0197. The van der Waals surface area contributed by atoms with Crippen molar-refractivity contribution < 1.29 is 76.9 Å². The van der Waals surface area contributed by atoms with Gasteiger partial charge in [-0.1, -0.05) is 63.4 Å². The molecule has 39 heteroatoms. The number of hydrogen-bond donors (Lipinski definition) is 0. The lowest BCUT2D eigenvalue weighted by Crippen LogP contribution is -2.56. The van der Waals surface area contributed by atoms with E-state index < -0.39 is 46.9 Å². The Morgan fingerprint density at radius 2 is 0.766 bits per heavy atom. The average molecular weight is 1810 g/mol. The number of alkyl halides is 9. The van der Waals surface area contributed by atoms with Crippen LogP contribution in [0, 0.1) is 43.2 Å². The average Bonchev–Trinajstić information content (AvgIpc) is 0.890. The molecule has 0 saturated carbocycles. The van der Waals surface area contributed by atoms with Gasteiger partial charge in [0.15, 0.2) is 0 Å². The molecule has 0 bridgehead atoms. The number of hydrogen-bond acceptors (Lipinski definition) is 21. The molecule has 27 nitrogen and oxygen atoms in total. The van der Waals surface area contributed by atoms with E-state index >= 15 is 0 Å². The predicted octanol–water partition coefficient (Wildman–Crippen LogP) is 12.4. The number of piperazine rings is 3. The Labute approximate surface area is 741 Å². The van der Waals surface area contributed by atoms with Gasteiger partial charge in [-0.2, -0.15) is 69.4 Å². The maximum Gasteiger partial charge on any atom is 0.421 e. The predicted molar refractivity (Wildman–Crippen MR) is 460 cm³/mol. The van der Waals surface area contributed by atoms with Gasteiger partial charge in [-0.15, -0.1) is 0 Å². The summed E-state index contributed by atoms with van der Waals surface area (Å²) < 4.78 is 172. The van der Waals surface area contributed by atoms with Gasteiger partial charge in [0, 0.05) is 126 Å². The molecule has 8 atom stereocenters. The Bertz CT molecular complexity index is 4990. The standard InChI is InChI=1S/2C30H35F4N7O2.C29H33ClF3N7O2/c2*1-5-26(42)41-12-11-40(16-21(41)14-35-3)28-22-9-10-39(25-8-6-7-23(31)27(25)30(32,33)34)17-24(22)36-29(37-28)43-18-20-13-19(2)15-38(20)4;1-4-25(41)40-14-13-39(16-20(40)15-34-2)27-21-10-12-38(24-9-5-8-22(30)26(24)29(31,32)33)17-23(21)35-28(36-27)42-18-19-7-6-11-37(19)3/h2*5-8,19-21H,1,9-18H2,2,4H3;4-5,8-9,19-20H,1,6-7,10-18H2,3H3/t19-,20+,21?;19-,20-,21?;19-,20?/m010/s1. The fourth-order valence-corrected chi connectivity index (χ4v) is 19.2. The number of amides is 3. The van der Waals surface area contributed by atoms with Crippen LogP contribution < -0.4 is 43.6 Å². The summed E-state index contributed by atoms with van der Waals surface area (Å²) in [5, 5.41) is -0.350. The number of likely N-dealkylation sites (N-methyl/N-ethyl adjacent to an activating group) is 3. The number of anilines is 6. The third kappa shape index (κ3) is 21.4. The minimum Gasteiger partial charge on any atom is -0.462 e. The fraction of sp³-hybridized carbons (Fsp3) is 0.528. The molecule has 0 spiro atoms. The maximum atomic E-state index is 14.4. The number of ether oxygens (including phenoxy) is 3. The number of halogens is 12. The molecule has 9 aliphatic rings. The van der Waals surface area contributed by atoms with Crippen LogP contribution in [0.5, 0.6) is 18.0 Å². The van der Waals surface area contributed by atoms with E-state index in [-0.39, 0.29) is 146 Å². The first-order valence-electron chi connectivity index (χ1n) is 42.6. The lowest BCUT2D eigenvalue weighted by atomic mass is 10.0. The van der Waals surface area contributed by atoms with Crippen molar-refractivity contribution >= 4 is 63.8 Å². The number of carbonyl (C=O) groups excluding carboxylic acids is 3. The van der Waals surface area contributed by atoms with Crippen LogP contribution in [0.2, 0.25) is 5.02 Å². The number of fused-ring (bicyclic) bond motifs is 3. The smallest absolute Gasteiger partial charge is 0.421 e. The SMILES string of the molecule is [C-]#[N+]CC1CN(c2nc(OC[C@@H]3CCCN3C)nc3c2CCN(c2cccc(Cl)c2C(F)(F)F)C3)CCN1C(=O)C=C.[C-]#[N+]CC1CN(c2nc(OC[C@H]3C[C@@H](C)CN3C)nc3c2CCN(c2cccc(F)c2C(F)(F)F)C3)CCN1C(=O)C=C.[C-]#[N+]CC1CN(c2nc(OC[C@H]3C[C@H](C)CN3C)nc3c2CCN(c2cccc(F)c2C(F)(F)F)C3)CCN1C(=O)C=C. The minimum absolute atomic E-state index is 0.00420. The lowest BCUT2D eigenvalue weighted by Gasteiger charge is -2.41. The molecular weight excluding hydrogens is 1700 g/mol. The van der Waals surface area contributed by atoms with E-state index in [9.17, 15) is 62.7 Å². The summed E-state index contributed by atoms with van der Waals surface area (Å²) >= 11 is 6.03. The zero-order valence-electron chi connectivity index (χ0n) is 72.0. The Hall–Kier alpha value is -11.4. The van der Waals surface area contributed by atoms with Gasteiger partial charge < -0.3 is 77.7 Å². The monoisotopic (exact) mass is 1810 g/mol. The fourth-order valence-electron chi connectivity index (χ4n) is 18.9. The zero-order chi connectivity index (χ0) is 91.8. The van der Waals surface area contributed by atoms with Crippen LogP contribution in [0.4, 0.5) is 82.8 Å². The van der Waals surface area contributed by atoms with Gasteiger partial charge in [0.1, 0.15) is 78.2 Å². The Morgan fingerprint density at radius 1 is 0.438 bits per heavy atom. The summed E-state index contributed by atoms with van der Waals surface area (Å²) in [6.45, 7) is 46.0. The largest absolute Gasteiger partial charge is 0.462 e. The molecule has 0 aliphatic carbocycles. The van der Waals surface area contributed by atoms with Gasteiger partial charge >= 0.3 is 36.6 Å². The zero-order valence-corrected chi connectivity index (χ0v) is 72.7. The van der Waals surface area contributed by atoms with Crippen molar-refractivity contribution in [2.45, 2.75) is 133 Å². The minimum atomic E-state index is -4.86. The van der Waals surface area contributed by atoms with Gasteiger partial charge in [-0.25, -0.2) is 28.5 Å². The third-order valence-electron chi connectivity index (χ3n) is 25.2. The summed E-state index contributed by atoms with van der Waals surface area (Å²) in [4.78, 5) is 98.6. The molecule has 3 unspecified atom stereocenters. The molecule has 15 rings (SSSR count). The topological polar surface area (TPSA) is 208 Å².